The van der Waals surface area contributed by atoms with Crippen LogP contribution in [0.15, 0.2) is 24.8 Å². The zero-order valence-corrected chi connectivity index (χ0v) is 15.5. The van der Waals surface area contributed by atoms with E-state index in [9.17, 15) is 4.79 Å². The molecule has 26 heavy (non-hydrogen) atoms. The fourth-order valence-corrected chi connectivity index (χ4v) is 3.93. The number of aryl methyl sites for hydroxylation is 2. The summed E-state index contributed by atoms with van der Waals surface area (Å²) in [5.41, 5.74) is 5.08. The van der Waals surface area contributed by atoms with E-state index in [4.69, 9.17) is 0 Å². The molecule has 0 aliphatic carbocycles. The molecule has 8 nitrogen and oxygen atoms in total. The lowest BCUT2D eigenvalue weighted by Gasteiger charge is -2.26. The predicted molar refractivity (Wildman–Crippen MR) is 96.4 cm³/mol. The lowest BCUT2D eigenvalue weighted by Crippen LogP contribution is -2.35. The van der Waals surface area contributed by atoms with Crippen molar-refractivity contribution in [3.63, 3.8) is 0 Å². The van der Waals surface area contributed by atoms with Crippen LogP contribution in [-0.4, -0.2) is 48.0 Å². The average Bonchev–Trinajstić information content (AvgIpc) is 3.23. The Hall–Kier alpha value is -2.74. The van der Waals surface area contributed by atoms with Crippen molar-refractivity contribution in [3.05, 3.63) is 47.4 Å². The fraction of sp³-hybridized carbons (Fsp3) is 0.444. The Bertz CT molecular complexity index is 973. The van der Waals surface area contributed by atoms with E-state index in [1.165, 1.54) is 0 Å². The van der Waals surface area contributed by atoms with Crippen LogP contribution in [0.2, 0.25) is 0 Å². The van der Waals surface area contributed by atoms with Crippen molar-refractivity contribution >= 4 is 11.6 Å². The highest BCUT2D eigenvalue weighted by Crippen LogP contribution is 2.35. The molecule has 0 bridgehead atoms. The zero-order chi connectivity index (χ0) is 18.4. The smallest absolute Gasteiger partial charge is 0.224 e. The third-order valence-electron chi connectivity index (χ3n) is 5.39. The van der Waals surface area contributed by atoms with Gasteiger partial charge in [-0.1, -0.05) is 0 Å². The van der Waals surface area contributed by atoms with Crippen molar-refractivity contribution < 1.29 is 4.79 Å². The lowest BCUT2D eigenvalue weighted by molar-refractivity contribution is -0.127. The van der Waals surface area contributed by atoms with Crippen LogP contribution in [0.1, 0.15) is 35.1 Å². The van der Waals surface area contributed by atoms with Crippen LogP contribution in [0.25, 0.3) is 5.65 Å². The summed E-state index contributed by atoms with van der Waals surface area (Å²) >= 11 is 0. The van der Waals surface area contributed by atoms with Crippen LogP contribution in [0.3, 0.4) is 0 Å². The average molecular weight is 353 g/mol. The maximum Gasteiger partial charge on any atom is 0.224 e. The van der Waals surface area contributed by atoms with Crippen LogP contribution in [0, 0.1) is 13.8 Å². The molecule has 3 aromatic rings. The molecule has 4 rings (SSSR count). The third kappa shape index (κ3) is 2.57. The van der Waals surface area contributed by atoms with Gasteiger partial charge in [0.2, 0.25) is 5.91 Å². The summed E-state index contributed by atoms with van der Waals surface area (Å²) in [7, 11) is 3.82. The predicted octanol–water partition coefficient (Wildman–Crippen LogP) is 1.14. The first-order chi connectivity index (χ1) is 12.5. The Morgan fingerprint density at radius 3 is 2.81 bits per heavy atom. The maximum atomic E-state index is 12.4. The molecule has 3 aromatic heterocycles. The number of likely N-dealkylation sites (tertiary alicyclic amines) is 1. The maximum absolute atomic E-state index is 12.4. The van der Waals surface area contributed by atoms with Gasteiger partial charge in [-0.3, -0.25) is 18.9 Å². The molecule has 0 aromatic carbocycles. The number of imidazole rings is 1. The van der Waals surface area contributed by atoms with Crippen LogP contribution in [-0.2, 0) is 18.4 Å². The normalized spacial score (nSPS) is 20.5. The molecule has 2 atom stereocenters. The Balaban J connectivity index is 1.61. The van der Waals surface area contributed by atoms with E-state index >= 15 is 0 Å². The minimum Gasteiger partial charge on any atom is -0.337 e. The number of rotatable bonds is 4. The monoisotopic (exact) mass is 353 g/mol. The summed E-state index contributed by atoms with van der Waals surface area (Å²) in [5, 5.41) is 8.10. The third-order valence-corrected chi connectivity index (χ3v) is 5.39. The molecule has 0 spiro atoms. The number of carbonyl (C=O) groups is 1. The lowest BCUT2D eigenvalue weighted by atomic mass is 9.98. The summed E-state index contributed by atoms with van der Waals surface area (Å²) in [6, 6.07) is 0.0125. The first-order valence-electron chi connectivity index (χ1n) is 8.72. The molecule has 136 valence electrons. The highest BCUT2D eigenvalue weighted by Gasteiger charge is 2.40. The standard InChI is InChI=1S/C18H23N7O/c1-11-17(12(2)24(4)22-11)18-14(7-16(26)23(18)3)20-8-13-9-21-15-10-19-5-6-25(13)15/h5-6,9-10,14,18,20H,7-8H2,1-4H3/t14-,18-/m1/s1. The van der Waals surface area contributed by atoms with E-state index in [0.29, 0.717) is 13.0 Å². The second-order valence-electron chi connectivity index (χ2n) is 6.90. The number of hydrogen-bond donors (Lipinski definition) is 1. The molecule has 1 fully saturated rings. The van der Waals surface area contributed by atoms with E-state index in [0.717, 1.165) is 28.3 Å². The molecule has 0 radical (unpaired) electrons. The van der Waals surface area contributed by atoms with E-state index in [1.54, 1.807) is 12.4 Å². The number of likely N-dealkylation sites (N-methyl/N-ethyl adjacent to an activating group) is 1. The molecule has 0 saturated carbocycles. The highest BCUT2D eigenvalue weighted by molar-refractivity contribution is 5.80. The van der Waals surface area contributed by atoms with Gasteiger partial charge in [0.1, 0.15) is 0 Å². The summed E-state index contributed by atoms with van der Waals surface area (Å²) < 4.78 is 3.89. The number of fused-ring (bicyclic) bond motifs is 1. The van der Waals surface area contributed by atoms with Crippen molar-refractivity contribution in [3.8, 4) is 0 Å². The van der Waals surface area contributed by atoms with Crippen LogP contribution < -0.4 is 5.32 Å². The van der Waals surface area contributed by atoms with Gasteiger partial charge in [0.15, 0.2) is 5.65 Å². The van der Waals surface area contributed by atoms with Crippen molar-refractivity contribution in [2.75, 3.05) is 7.05 Å². The van der Waals surface area contributed by atoms with Gasteiger partial charge in [-0.15, -0.1) is 0 Å². The van der Waals surface area contributed by atoms with Crippen LogP contribution >= 0.6 is 0 Å². The number of hydrogen-bond acceptors (Lipinski definition) is 5. The molecular formula is C18H23N7O. The van der Waals surface area contributed by atoms with E-state index in [1.807, 2.05) is 47.4 Å². The molecule has 0 unspecified atom stereocenters. The quantitative estimate of drug-likeness (QED) is 0.761. The molecule has 1 amide bonds. The highest BCUT2D eigenvalue weighted by atomic mass is 16.2. The summed E-state index contributed by atoms with van der Waals surface area (Å²) in [5.74, 6) is 0.150. The van der Waals surface area contributed by atoms with Crippen molar-refractivity contribution in [2.45, 2.75) is 38.9 Å². The molecule has 4 heterocycles. The second-order valence-corrected chi connectivity index (χ2v) is 6.90. The summed E-state index contributed by atoms with van der Waals surface area (Å²) in [4.78, 5) is 22.7. The summed E-state index contributed by atoms with van der Waals surface area (Å²) in [6.45, 7) is 4.69. The minimum atomic E-state index is -0.0166. The largest absolute Gasteiger partial charge is 0.337 e. The number of nitrogens with zero attached hydrogens (tertiary/aromatic N) is 6. The van der Waals surface area contributed by atoms with Gasteiger partial charge in [-0.2, -0.15) is 5.10 Å². The second kappa shape index (κ2) is 6.21. The van der Waals surface area contributed by atoms with Crippen molar-refractivity contribution in [2.24, 2.45) is 7.05 Å². The number of carbonyl (C=O) groups excluding carboxylic acids is 1. The van der Waals surface area contributed by atoms with Gasteiger partial charge in [0.05, 0.1) is 29.8 Å². The van der Waals surface area contributed by atoms with Crippen molar-refractivity contribution in [1.29, 1.82) is 0 Å². The van der Waals surface area contributed by atoms with E-state index in [-0.39, 0.29) is 18.0 Å². The van der Waals surface area contributed by atoms with E-state index < -0.39 is 0 Å². The van der Waals surface area contributed by atoms with Gasteiger partial charge >= 0.3 is 0 Å². The first kappa shape index (κ1) is 16.7. The molecular weight excluding hydrogens is 330 g/mol. The van der Waals surface area contributed by atoms with Gasteiger partial charge in [0.25, 0.3) is 0 Å². The zero-order valence-electron chi connectivity index (χ0n) is 15.5. The number of nitrogens with one attached hydrogen (secondary N) is 1. The minimum absolute atomic E-state index is 0.0166. The topological polar surface area (TPSA) is 80.4 Å². The van der Waals surface area contributed by atoms with Crippen LogP contribution in [0.5, 0.6) is 0 Å². The Labute approximate surface area is 151 Å². The summed E-state index contributed by atoms with van der Waals surface area (Å²) in [6.07, 6.45) is 7.71. The Kier molecular flexibility index (Phi) is 3.99. The van der Waals surface area contributed by atoms with Gasteiger partial charge in [-0.05, 0) is 13.8 Å². The number of aromatic nitrogens is 5. The molecule has 1 aliphatic heterocycles. The van der Waals surface area contributed by atoms with Crippen molar-refractivity contribution in [1.82, 2.24) is 34.4 Å². The Morgan fingerprint density at radius 1 is 1.27 bits per heavy atom. The Morgan fingerprint density at radius 2 is 2.08 bits per heavy atom. The van der Waals surface area contributed by atoms with Gasteiger partial charge in [-0.25, -0.2) is 4.98 Å². The van der Waals surface area contributed by atoms with Gasteiger partial charge < -0.3 is 10.2 Å². The first-order valence-corrected chi connectivity index (χ1v) is 8.72. The SMILES string of the molecule is Cc1nn(C)c(C)c1[C@H]1[C@H](NCc2cnc3cnccn23)CC(=O)N1C. The van der Waals surface area contributed by atoms with Crippen LogP contribution in [0.4, 0.5) is 0 Å². The van der Waals surface area contributed by atoms with Gasteiger partial charge in [0, 0.05) is 56.8 Å². The molecule has 1 saturated heterocycles. The fourth-order valence-electron chi connectivity index (χ4n) is 3.93. The molecule has 8 heteroatoms. The molecule has 1 aliphatic rings. The van der Waals surface area contributed by atoms with E-state index in [2.05, 4.69) is 27.3 Å². The molecule has 1 N–H and O–H groups in total. The number of amides is 1.